The van der Waals surface area contributed by atoms with Crippen LogP contribution in [0.1, 0.15) is 37.8 Å². The van der Waals surface area contributed by atoms with E-state index in [1.54, 1.807) is 6.92 Å². The standard InChI is InChI=1S/C14H15BrF3NO3/c1-2-22-13(21)11(5-8-3-4-8)19-7-10(15)9(6-12(19)20)14(16,17)18/h6-8,11H,2-5H2,1H3. The second-order valence-electron chi connectivity index (χ2n) is 5.23. The Morgan fingerprint density at radius 3 is 2.64 bits per heavy atom. The van der Waals surface area contributed by atoms with Crippen LogP contribution in [0.3, 0.4) is 0 Å². The first-order valence-corrected chi connectivity index (χ1v) is 7.68. The lowest BCUT2D eigenvalue weighted by atomic mass is 10.1. The maximum Gasteiger partial charge on any atom is 0.417 e. The largest absolute Gasteiger partial charge is 0.464 e. The van der Waals surface area contributed by atoms with Gasteiger partial charge in [0, 0.05) is 16.7 Å². The summed E-state index contributed by atoms with van der Waals surface area (Å²) < 4.78 is 44.1. The topological polar surface area (TPSA) is 48.3 Å². The van der Waals surface area contributed by atoms with E-state index in [0.29, 0.717) is 18.4 Å². The first kappa shape index (κ1) is 17.1. The number of ether oxygens (including phenoxy) is 1. The second-order valence-corrected chi connectivity index (χ2v) is 6.08. The van der Waals surface area contributed by atoms with Crippen LogP contribution in [0, 0.1) is 5.92 Å². The van der Waals surface area contributed by atoms with Crippen LogP contribution in [0.5, 0.6) is 0 Å². The number of hydrogen-bond acceptors (Lipinski definition) is 3. The van der Waals surface area contributed by atoms with Gasteiger partial charge in [-0.15, -0.1) is 0 Å². The van der Waals surface area contributed by atoms with Crippen molar-refractivity contribution < 1.29 is 22.7 Å². The lowest BCUT2D eigenvalue weighted by Crippen LogP contribution is -2.32. The minimum absolute atomic E-state index is 0.149. The summed E-state index contributed by atoms with van der Waals surface area (Å²) in [6.07, 6.45) is -1.31. The summed E-state index contributed by atoms with van der Waals surface area (Å²) >= 11 is 2.82. The van der Waals surface area contributed by atoms with Crippen molar-refractivity contribution in [3.8, 4) is 0 Å². The number of nitrogens with zero attached hydrogens (tertiary/aromatic N) is 1. The summed E-state index contributed by atoms with van der Waals surface area (Å²) in [5.41, 5.74) is -1.92. The molecule has 0 bridgehead atoms. The van der Waals surface area contributed by atoms with Crippen molar-refractivity contribution in [1.82, 2.24) is 4.57 Å². The maximum atomic E-state index is 12.8. The molecule has 1 saturated carbocycles. The molecule has 2 rings (SSSR count). The Kier molecular flexibility index (Phi) is 4.99. The number of esters is 1. The highest BCUT2D eigenvalue weighted by Crippen LogP contribution is 2.38. The Balaban J connectivity index is 2.40. The Labute approximate surface area is 133 Å². The molecular formula is C14H15BrF3NO3. The number of carbonyl (C=O) groups is 1. The SMILES string of the molecule is CCOC(=O)C(CC1CC1)n1cc(Br)c(C(F)(F)F)cc1=O. The van der Waals surface area contributed by atoms with E-state index in [1.807, 2.05) is 0 Å². The van der Waals surface area contributed by atoms with E-state index in [4.69, 9.17) is 4.74 Å². The molecule has 0 amide bonds. The van der Waals surface area contributed by atoms with Crippen LogP contribution < -0.4 is 5.56 Å². The number of alkyl halides is 3. The quantitative estimate of drug-likeness (QED) is 0.733. The lowest BCUT2D eigenvalue weighted by molar-refractivity contribution is -0.147. The van der Waals surface area contributed by atoms with E-state index in [9.17, 15) is 22.8 Å². The molecule has 22 heavy (non-hydrogen) atoms. The number of pyridine rings is 1. The number of rotatable bonds is 5. The molecule has 1 heterocycles. The molecule has 0 aliphatic heterocycles. The van der Waals surface area contributed by atoms with Gasteiger partial charge in [0.05, 0.1) is 12.2 Å². The number of carbonyl (C=O) groups excluding carboxylic acids is 1. The fourth-order valence-corrected chi connectivity index (χ4v) is 2.77. The summed E-state index contributed by atoms with van der Waals surface area (Å²) in [4.78, 5) is 24.1. The van der Waals surface area contributed by atoms with E-state index in [-0.39, 0.29) is 11.1 Å². The summed E-state index contributed by atoms with van der Waals surface area (Å²) in [5.74, 6) is -0.287. The van der Waals surface area contributed by atoms with E-state index in [0.717, 1.165) is 23.6 Å². The Morgan fingerprint density at radius 1 is 1.50 bits per heavy atom. The van der Waals surface area contributed by atoms with Crippen molar-refractivity contribution in [1.29, 1.82) is 0 Å². The van der Waals surface area contributed by atoms with Gasteiger partial charge in [-0.1, -0.05) is 12.8 Å². The molecule has 122 valence electrons. The highest BCUT2D eigenvalue weighted by molar-refractivity contribution is 9.10. The molecule has 0 saturated heterocycles. The molecule has 0 N–H and O–H groups in total. The van der Waals surface area contributed by atoms with Crippen molar-refractivity contribution in [3.05, 3.63) is 32.7 Å². The Bertz CT molecular complexity index is 623. The highest BCUT2D eigenvalue weighted by Gasteiger charge is 2.36. The third-order valence-electron chi connectivity index (χ3n) is 3.49. The van der Waals surface area contributed by atoms with Gasteiger partial charge >= 0.3 is 12.1 Å². The van der Waals surface area contributed by atoms with Crippen molar-refractivity contribution in [2.75, 3.05) is 6.61 Å². The average molecular weight is 382 g/mol. The third kappa shape index (κ3) is 3.91. The molecule has 1 aromatic rings. The van der Waals surface area contributed by atoms with Gasteiger partial charge < -0.3 is 9.30 Å². The van der Waals surface area contributed by atoms with E-state index >= 15 is 0 Å². The summed E-state index contributed by atoms with van der Waals surface area (Å²) in [6.45, 7) is 1.79. The normalized spacial score (nSPS) is 16.4. The number of halogens is 4. The fraction of sp³-hybridized carbons (Fsp3) is 0.571. The van der Waals surface area contributed by atoms with Crippen molar-refractivity contribution in [3.63, 3.8) is 0 Å². The average Bonchev–Trinajstić information content (AvgIpc) is 3.21. The van der Waals surface area contributed by atoms with Gasteiger partial charge in [-0.05, 0) is 35.2 Å². The molecule has 1 atom stereocenters. The summed E-state index contributed by atoms with van der Waals surface area (Å²) in [7, 11) is 0. The van der Waals surface area contributed by atoms with Crippen LogP contribution in [0.4, 0.5) is 13.2 Å². The van der Waals surface area contributed by atoms with Crippen LogP contribution in [0.25, 0.3) is 0 Å². The molecule has 1 aromatic heterocycles. The third-order valence-corrected chi connectivity index (χ3v) is 4.12. The van der Waals surface area contributed by atoms with Crippen LogP contribution in [-0.2, 0) is 15.7 Å². The minimum Gasteiger partial charge on any atom is -0.464 e. The van der Waals surface area contributed by atoms with Crippen molar-refractivity contribution >= 4 is 21.9 Å². The van der Waals surface area contributed by atoms with Crippen LogP contribution in [-0.4, -0.2) is 17.1 Å². The summed E-state index contributed by atoms with van der Waals surface area (Å²) in [5, 5.41) is 0. The molecule has 0 radical (unpaired) electrons. The smallest absolute Gasteiger partial charge is 0.417 e. The predicted octanol–water partition coefficient (Wildman–Crippen LogP) is 3.53. The van der Waals surface area contributed by atoms with Gasteiger partial charge in [0.15, 0.2) is 0 Å². The molecule has 1 unspecified atom stereocenters. The molecule has 4 nitrogen and oxygen atoms in total. The molecule has 1 aliphatic carbocycles. The Morgan fingerprint density at radius 2 is 2.14 bits per heavy atom. The molecule has 8 heteroatoms. The zero-order valence-electron chi connectivity index (χ0n) is 11.8. The zero-order chi connectivity index (χ0) is 16.5. The first-order chi connectivity index (χ1) is 10.2. The van der Waals surface area contributed by atoms with Gasteiger partial charge in [0.25, 0.3) is 5.56 Å². The van der Waals surface area contributed by atoms with Crippen LogP contribution >= 0.6 is 15.9 Å². The molecule has 1 aliphatic rings. The molecule has 0 aromatic carbocycles. The highest BCUT2D eigenvalue weighted by atomic mass is 79.9. The Hall–Kier alpha value is -1.31. The number of aromatic nitrogens is 1. The molecule has 0 spiro atoms. The van der Waals surface area contributed by atoms with E-state index in [2.05, 4.69) is 15.9 Å². The van der Waals surface area contributed by atoms with Crippen LogP contribution in [0.2, 0.25) is 0 Å². The van der Waals surface area contributed by atoms with Gasteiger partial charge in [0.2, 0.25) is 0 Å². The van der Waals surface area contributed by atoms with E-state index < -0.39 is 29.3 Å². The predicted molar refractivity (Wildman–Crippen MR) is 76.4 cm³/mol. The first-order valence-electron chi connectivity index (χ1n) is 6.89. The summed E-state index contributed by atoms with van der Waals surface area (Å²) in [6, 6.07) is -0.387. The molecular weight excluding hydrogens is 367 g/mol. The van der Waals surface area contributed by atoms with Gasteiger partial charge in [-0.2, -0.15) is 13.2 Å². The molecule has 1 fully saturated rings. The fourth-order valence-electron chi connectivity index (χ4n) is 2.21. The van der Waals surface area contributed by atoms with Crippen molar-refractivity contribution in [2.45, 2.75) is 38.4 Å². The van der Waals surface area contributed by atoms with Crippen molar-refractivity contribution in [2.24, 2.45) is 5.92 Å². The second kappa shape index (κ2) is 6.44. The monoisotopic (exact) mass is 381 g/mol. The minimum atomic E-state index is -4.63. The van der Waals surface area contributed by atoms with Gasteiger partial charge in [-0.3, -0.25) is 4.79 Å². The van der Waals surface area contributed by atoms with Crippen LogP contribution in [0.15, 0.2) is 21.5 Å². The maximum absolute atomic E-state index is 12.8. The van der Waals surface area contributed by atoms with Gasteiger partial charge in [0.1, 0.15) is 6.04 Å². The van der Waals surface area contributed by atoms with E-state index in [1.165, 1.54) is 0 Å². The zero-order valence-corrected chi connectivity index (χ0v) is 13.4. The van der Waals surface area contributed by atoms with Gasteiger partial charge in [-0.25, -0.2) is 4.79 Å². The lowest BCUT2D eigenvalue weighted by Gasteiger charge is -2.19. The number of hydrogen-bond donors (Lipinski definition) is 0.